The van der Waals surface area contributed by atoms with Crippen LogP contribution in [-0.2, 0) is 9.59 Å². The molecule has 7 heteroatoms. The molecule has 0 aliphatic carbocycles. The summed E-state index contributed by atoms with van der Waals surface area (Å²) in [6.45, 7) is 7.59. The van der Waals surface area contributed by atoms with Gasteiger partial charge in [-0.15, -0.1) is 0 Å². The van der Waals surface area contributed by atoms with E-state index in [9.17, 15) is 14.9 Å². The van der Waals surface area contributed by atoms with Gasteiger partial charge in [0.2, 0.25) is 11.8 Å². The Kier molecular flexibility index (Phi) is 5.93. The number of nitrogens with zero attached hydrogens (tertiary/aromatic N) is 3. The smallest absolute Gasteiger partial charge is 0.243 e. The summed E-state index contributed by atoms with van der Waals surface area (Å²) in [4.78, 5) is 28.6. The molecule has 25 heavy (non-hydrogen) atoms. The number of carbonyl (C=O) groups is 2. The lowest BCUT2D eigenvalue weighted by Gasteiger charge is -2.33. The SMILES string of the molecule is CN1C=CN([C@@H](CC(C)(C)C)C(=O)N[C@H](C#N)C[C@@H]2CCNC2=O)C1. The van der Waals surface area contributed by atoms with Crippen molar-refractivity contribution in [2.45, 2.75) is 52.1 Å². The Morgan fingerprint density at radius 2 is 2.20 bits per heavy atom. The maximum Gasteiger partial charge on any atom is 0.243 e. The van der Waals surface area contributed by atoms with Crippen LogP contribution >= 0.6 is 0 Å². The minimum Gasteiger partial charge on any atom is -0.362 e. The Labute approximate surface area is 150 Å². The summed E-state index contributed by atoms with van der Waals surface area (Å²) >= 11 is 0. The molecule has 2 N–H and O–H groups in total. The monoisotopic (exact) mass is 347 g/mol. The van der Waals surface area contributed by atoms with Gasteiger partial charge in [0.25, 0.3) is 0 Å². The van der Waals surface area contributed by atoms with Gasteiger partial charge in [0.05, 0.1) is 12.7 Å². The molecule has 0 bridgehead atoms. The topological polar surface area (TPSA) is 88.5 Å². The summed E-state index contributed by atoms with van der Waals surface area (Å²) in [5.74, 6) is -0.367. The number of hydrogen-bond donors (Lipinski definition) is 2. The van der Waals surface area contributed by atoms with Crippen LogP contribution in [0.2, 0.25) is 0 Å². The first kappa shape index (κ1) is 19.1. The lowest BCUT2D eigenvalue weighted by molar-refractivity contribution is -0.128. The van der Waals surface area contributed by atoms with Gasteiger partial charge in [-0.1, -0.05) is 20.8 Å². The highest BCUT2D eigenvalue weighted by Crippen LogP contribution is 2.26. The van der Waals surface area contributed by atoms with Crippen molar-refractivity contribution < 1.29 is 9.59 Å². The summed E-state index contributed by atoms with van der Waals surface area (Å²) in [6, 6.07) is 1.15. The van der Waals surface area contributed by atoms with Crippen molar-refractivity contribution in [3.8, 4) is 6.07 Å². The molecule has 1 saturated heterocycles. The van der Waals surface area contributed by atoms with E-state index in [-0.39, 0.29) is 29.2 Å². The average molecular weight is 347 g/mol. The molecular weight excluding hydrogens is 318 g/mol. The average Bonchev–Trinajstić information content (AvgIpc) is 3.12. The van der Waals surface area contributed by atoms with Gasteiger partial charge in [0.15, 0.2) is 0 Å². The number of carbonyl (C=O) groups excluding carboxylic acids is 2. The van der Waals surface area contributed by atoms with Crippen LogP contribution in [0, 0.1) is 22.7 Å². The van der Waals surface area contributed by atoms with Gasteiger partial charge < -0.3 is 20.4 Å². The molecular formula is C18H29N5O2. The van der Waals surface area contributed by atoms with Crippen molar-refractivity contribution in [2.24, 2.45) is 11.3 Å². The Bertz CT molecular complexity index is 575. The predicted molar refractivity (Wildman–Crippen MR) is 94.7 cm³/mol. The molecule has 0 aromatic carbocycles. The van der Waals surface area contributed by atoms with Crippen LogP contribution in [0.1, 0.15) is 40.0 Å². The van der Waals surface area contributed by atoms with E-state index in [2.05, 4.69) is 37.5 Å². The zero-order valence-electron chi connectivity index (χ0n) is 15.6. The maximum absolute atomic E-state index is 12.9. The van der Waals surface area contributed by atoms with Crippen LogP contribution in [-0.4, -0.2) is 54.0 Å². The van der Waals surface area contributed by atoms with Crippen molar-refractivity contribution in [1.82, 2.24) is 20.4 Å². The Morgan fingerprint density at radius 1 is 1.48 bits per heavy atom. The molecule has 2 aliphatic heterocycles. The van der Waals surface area contributed by atoms with Crippen molar-refractivity contribution in [2.75, 3.05) is 20.3 Å². The summed E-state index contributed by atoms with van der Waals surface area (Å²) in [6.07, 6.45) is 5.62. The number of amides is 2. The molecule has 3 atom stereocenters. The fraction of sp³-hybridized carbons (Fsp3) is 0.722. The van der Waals surface area contributed by atoms with E-state index in [4.69, 9.17) is 0 Å². The summed E-state index contributed by atoms with van der Waals surface area (Å²) in [7, 11) is 1.96. The number of hydrogen-bond acceptors (Lipinski definition) is 5. The Hall–Kier alpha value is -2.23. The molecule has 138 valence electrons. The molecule has 0 unspecified atom stereocenters. The molecule has 0 radical (unpaired) electrons. The molecule has 2 rings (SSSR count). The lowest BCUT2D eigenvalue weighted by Crippen LogP contribution is -2.50. The Morgan fingerprint density at radius 3 is 2.68 bits per heavy atom. The second-order valence-electron chi connectivity index (χ2n) is 8.19. The molecule has 0 spiro atoms. The van der Waals surface area contributed by atoms with Crippen molar-refractivity contribution in [3.05, 3.63) is 12.4 Å². The second kappa shape index (κ2) is 7.77. The fourth-order valence-corrected chi connectivity index (χ4v) is 3.26. The molecule has 2 heterocycles. The quantitative estimate of drug-likeness (QED) is 0.748. The Balaban J connectivity index is 2.03. The standard InChI is InChI=1S/C18H29N5O2/c1-18(2,3)10-15(23-8-7-22(4)12-23)17(25)21-14(11-19)9-13-5-6-20-16(13)24/h7-8,13-15H,5-6,9-10,12H2,1-4H3,(H,20,24)(H,21,25)/t13-,14-,15-/m0/s1. The van der Waals surface area contributed by atoms with Crippen LogP contribution in [0.5, 0.6) is 0 Å². The second-order valence-corrected chi connectivity index (χ2v) is 8.19. The third-order valence-corrected chi connectivity index (χ3v) is 4.56. The third kappa shape index (κ3) is 5.38. The largest absolute Gasteiger partial charge is 0.362 e. The lowest BCUT2D eigenvalue weighted by atomic mass is 9.87. The number of nitrogens with one attached hydrogen (secondary N) is 2. The molecule has 0 aromatic heterocycles. The van der Waals surface area contributed by atoms with Crippen LogP contribution in [0.3, 0.4) is 0 Å². The highest BCUT2D eigenvalue weighted by atomic mass is 16.2. The van der Waals surface area contributed by atoms with E-state index < -0.39 is 6.04 Å². The van der Waals surface area contributed by atoms with E-state index in [0.717, 1.165) is 6.42 Å². The number of rotatable bonds is 6. The minimum atomic E-state index is -0.645. The molecule has 2 amide bonds. The first-order chi connectivity index (χ1) is 11.7. The summed E-state index contributed by atoms with van der Waals surface area (Å²) in [5, 5.41) is 15.0. The summed E-state index contributed by atoms with van der Waals surface area (Å²) in [5.41, 5.74) is -0.0233. The van der Waals surface area contributed by atoms with Gasteiger partial charge in [0.1, 0.15) is 12.1 Å². The van der Waals surface area contributed by atoms with Crippen LogP contribution in [0.25, 0.3) is 0 Å². The molecule has 7 nitrogen and oxygen atoms in total. The van der Waals surface area contributed by atoms with E-state index in [1.807, 2.05) is 29.2 Å². The minimum absolute atomic E-state index is 0.0233. The molecule has 0 aromatic rings. The van der Waals surface area contributed by atoms with Gasteiger partial charge in [-0.3, -0.25) is 9.59 Å². The van der Waals surface area contributed by atoms with Crippen LogP contribution < -0.4 is 10.6 Å². The van der Waals surface area contributed by atoms with Gasteiger partial charge >= 0.3 is 0 Å². The molecule has 2 aliphatic rings. The normalized spacial score (nSPS) is 22.5. The molecule has 1 fully saturated rings. The highest BCUT2D eigenvalue weighted by molar-refractivity contribution is 5.83. The first-order valence-electron chi connectivity index (χ1n) is 8.81. The summed E-state index contributed by atoms with van der Waals surface area (Å²) < 4.78 is 0. The number of nitriles is 1. The highest BCUT2D eigenvalue weighted by Gasteiger charge is 2.33. The van der Waals surface area contributed by atoms with E-state index in [1.165, 1.54) is 0 Å². The van der Waals surface area contributed by atoms with Gasteiger partial charge in [0, 0.05) is 31.9 Å². The third-order valence-electron chi connectivity index (χ3n) is 4.56. The molecule has 0 saturated carbocycles. The van der Waals surface area contributed by atoms with E-state index >= 15 is 0 Å². The van der Waals surface area contributed by atoms with E-state index in [0.29, 0.717) is 26.1 Å². The van der Waals surface area contributed by atoms with E-state index in [1.54, 1.807) is 0 Å². The van der Waals surface area contributed by atoms with Crippen LogP contribution in [0.4, 0.5) is 0 Å². The van der Waals surface area contributed by atoms with Gasteiger partial charge in [-0.05, 0) is 24.7 Å². The van der Waals surface area contributed by atoms with Gasteiger partial charge in [-0.25, -0.2) is 0 Å². The zero-order chi connectivity index (χ0) is 18.6. The predicted octanol–water partition coefficient (Wildman–Crippen LogP) is 1.00. The van der Waals surface area contributed by atoms with Crippen LogP contribution in [0.15, 0.2) is 12.4 Å². The fourth-order valence-electron chi connectivity index (χ4n) is 3.26. The van der Waals surface area contributed by atoms with Gasteiger partial charge in [-0.2, -0.15) is 5.26 Å². The maximum atomic E-state index is 12.9. The van der Waals surface area contributed by atoms with Crippen molar-refractivity contribution in [3.63, 3.8) is 0 Å². The van der Waals surface area contributed by atoms with Crippen molar-refractivity contribution >= 4 is 11.8 Å². The first-order valence-corrected chi connectivity index (χ1v) is 8.81. The van der Waals surface area contributed by atoms with Crippen molar-refractivity contribution in [1.29, 1.82) is 5.26 Å². The zero-order valence-corrected chi connectivity index (χ0v) is 15.6.